The molecule has 4 heteroatoms. The van der Waals surface area contributed by atoms with E-state index in [0.29, 0.717) is 11.2 Å². The Kier molecular flexibility index (Phi) is 1.92. The van der Waals surface area contributed by atoms with Crippen LogP contribution in [-0.2, 0) is 0 Å². The molecule has 0 atom stereocenters. The van der Waals surface area contributed by atoms with Crippen LogP contribution in [0.15, 0.2) is 28.9 Å². The average Bonchev–Trinajstić information content (AvgIpc) is 2.12. The van der Waals surface area contributed by atoms with E-state index in [9.17, 15) is 4.39 Å². The van der Waals surface area contributed by atoms with E-state index in [1.165, 1.54) is 12.3 Å². The minimum absolute atomic E-state index is 0.286. The van der Waals surface area contributed by atoms with Gasteiger partial charge in [-0.3, -0.25) is 0 Å². The number of fused-ring (bicyclic) bond motifs is 1. The molecule has 0 aliphatic rings. The lowest BCUT2D eigenvalue weighted by Crippen LogP contribution is -1.90. The summed E-state index contributed by atoms with van der Waals surface area (Å²) in [5.41, 5.74) is 5.49. The predicted octanol–water partition coefficient (Wildman–Crippen LogP) is 2.72. The van der Waals surface area contributed by atoms with Gasteiger partial charge in [0.15, 0.2) is 0 Å². The SMILES string of the molecule is Nc1cc2c(Br)ccc(F)c2cn1. The molecule has 1 aromatic heterocycles. The second-order valence-electron chi connectivity index (χ2n) is 2.68. The molecule has 1 aromatic carbocycles. The van der Waals surface area contributed by atoms with Crippen molar-refractivity contribution >= 4 is 32.5 Å². The highest BCUT2D eigenvalue weighted by Crippen LogP contribution is 2.26. The van der Waals surface area contributed by atoms with Crippen molar-refractivity contribution in [2.45, 2.75) is 0 Å². The number of pyridine rings is 1. The van der Waals surface area contributed by atoms with Gasteiger partial charge in [0.05, 0.1) is 0 Å². The fourth-order valence-electron chi connectivity index (χ4n) is 1.19. The van der Waals surface area contributed by atoms with Crippen molar-refractivity contribution in [1.82, 2.24) is 4.98 Å². The van der Waals surface area contributed by atoms with Gasteiger partial charge in [-0.15, -0.1) is 0 Å². The first-order valence-electron chi connectivity index (χ1n) is 3.68. The fourth-order valence-corrected chi connectivity index (χ4v) is 1.65. The average molecular weight is 241 g/mol. The van der Waals surface area contributed by atoms with Crippen LogP contribution in [0.25, 0.3) is 10.8 Å². The van der Waals surface area contributed by atoms with Crippen LogP contribution < -0.4 is 5.73 Å². The van der Waals surface area contributed by atoms with Crippen molar-refractivity contribution in [2.24, 2.45) is 0 Å². The third kappa shape index (κ3) is 1.37. The number of nitrogens with two attached hydrogens (primary N) is 1. The first-order valence-corrected chi connectivity index (χ1v) is 4.47. The van der Waals surface area contributed by atoms with Crippen molar-refractivity contribution < 1.29 is 4.39 Å². The standard InChI is InChI=1S/C9H6BrFN2/c10-7-1-2-8(11)6-4-13-9(12)3-5(6)7/h1-4H,(H2,12,13). The number of hydrogen-bond donors (Lipinski definition) is 1. The molecule has 0 bridgehead atoms. The van der Waals surface area contributed by atoms with Gasteiger partial charge >= 0.3 is 0 Å². The Morgan fingerprint density at radius 3 is 2.85 bits per heavy atom. The highest BCUT2D eigenvalue weighted by molar-refractivity contribution is 9.10. The number of hydrogen-bond acceptors (Lipinski definition) is 2. The molecule has 0 fully saturated rings. The third-order valence-corrected chi connectivity index (χ3v) is 2.51. The lowest BCUT2D eigenvalue weighted by molar-refractivity contribution is 0.639. The fraction of sp³-hybridized carbons (Fsp3) is 0. The lowest BCUT2D eigenvalue weighted by Gasteiger charge is -2.01. The molecule has 0 aliphatic heterocycles. The van der Waals surface area contributed by atoms with E-state index in [1.54, 1.807) is 12.1 Å². The van der Waals surface area contributed by atoms with Gasteiger partial charge in [0.1, 0.15) is 11.6 Å². The summed E-state index contributed by atoms with van der Waals surface area (Å²) in [4.78, 5) is 3.83. The second kappa shape index (κ2) is 2.96. The monoisotopic (exact) mass is 240 g/mol. The Balaban J connectivity index is 2.92. The Hall–Kier alpha value is -1.16. The van der Waals surface area contributed by atoms with Crippen molar-refractivity contribution in [1.29, 1.82) is 0 Å². The van der Waals surface area contributed by atoms with Crippen molar-refractivity contribution in [3.05, 3.63) is 34.7 Å². The van der Waals surface area contributed by atoms with E-state index < -0.39 is 0 Å². The van der Waals surface area contributed by atoms with Crippen LogP contribution in [0.1, 0.15) is 0 Å². The highest BCUT2D eigenvalue weighted by atomic mass is 79.9. The van der Waals surface area contributed by atoms with E-state index in [1.807, 2.05) is 0 Å². The zero-order valence-electron chi connectivity index (χ0n) is 6.59. The van der Waals surface area contributed by atoms with Gasteiger partial charge in [-0.05, 0) is 18.2 Å². The quantitative estimate of drug-likeness (QED) is 0.770. The van der Waals surface area contributed by atoms with Gasteiger partial charge in [-0.25, -0.2) is 9.37 Å². The maximum absolute atomic E-state index is 13.2. The molecule has 0 spiro atoms. The zero-order chi connectivity index (χ0) is 9.42. The molecule has 2 nitrogen and oxygen atoms in total. The summed E-state index contributed by atoms with van der Waals surface area (Å²) in [5.74, 6) is 0.101. The van der Waals surface area contributed by atoms with Crippen LogP contribution in [0.5, 0.6) is 0 Å². The summed E-state index contributed by atoms with van der Waals surface area (Å²) in [7, 11) is 0. The maximum atomic E-state index is 13.2. The minimum atomic E-state index is -0.286. The number of anilines is 1. The number of nitrogen functional groups attached to an aromatic ring is 1. The van der Waals surface area contributed by atoms with Crippen LogP contribution in [0.3, 0.4) is 0 Å². The van der Waals surface area contributed by atoms with Crippen LogP contribution >= 0.6 is 15.9 Å². The molecular weight excluding hydrogens is 235 g/mol. The Labute approximate surface area is 82.7 Å². The summed E-state index contributed by atoms with van der Waals surface area (Å²) in [6, 6.07) is 4.68. The number of halogens is 2. The summed E-state index contributed by atoms with van der Waals surface area (Å²) in [6.45, 7) is 0. The number of aromatic nitrogens is 1. The van der Waals surface area contributed by atoms with Crippen LogP contribution in [0, 0.1) is 5.82 Å². The van der Waals surface area contributed by atoms with E-state index in [0.717, 1.165) is 9.86 Å². The molecule has 1 heterocycles. The summed E-state index contributed by atoms with van der Waals surface area (Å²) in [5, 5.41) is 1.22. The van der Waals surface area contributed by atoms with E-state index in [-0.39, 0.29) is 5.82 Å². The van der Waals surface area contributed by atoms with Gasteiger partial charge in [-0.1, -0.05) is 15.9 Å². The first-order chi connectivity index (χ1) is 6.18. The first kappa shape index (κ1) is 8.44. The topological polar surface area (TPSA) is 38.9 Å². The molecule has 0 aliphatic carbocycles. The molecule has 2 rings (SSSR count). The Morgan fingerprint density at radius 2 is 2.08 bits per heavy atom. The smallest absolute Gasteiger partial charge is 0.132 e. The van der Waals surface area contributed by atoms with Gasteiger partial charge in [0.2, 0.25) is 0 Å². The molecule has 0 amide bonds. The second-order valence-corrected chi connectivity index (χ2v) is 3.54. The van der Waals surface area contributed by atoms with Gasteiger partial charge < -0.3 is 5.73 Å². The minimum Gasteiger partial charge on any atom is -0.384 e. The molecule has 0 saturated carbocycles. The molecule has 0 saturated heterocycles. The predicted molar refractivity (Wildman–Crippen MR) is 53.8 cm³/mol. The number of rotatable bonds is 0. The molecule has 2 N–H and O–H groups in total. The molecule has 66 valence electrons. The van der Waals surface area contributed by atoms with Crippen molar-refractivity contribution in [3.8, 4) is 0 Å². The Morgan fingerprint density at radius 1 is 1.31 bits per heavy atom. The highest BCUT2D eigenvalue weighted by Gasteiger charge is 2.04. The largest absolute Gasteiger partial charge is 0.384 e. The van der Waals surface area contributed by atoms with Crippen LogP contribution in [0.4, 0.5) is 10.2 Å². The lowest BCUT2D eigenvalue weighted by atomic mass is 10.2. The summed E-state index contributed by atoms with van der Waals surface area (Å²) >= 11 is 3.32. The van der Waals surface area contributed by atoms with E-state index in [2.05, 4.69) is 20.9 Å². The van der Waals surface area contributed by atoms with Gasteiger partial charge in [0, 0.05) is 21.4 Å². The molecule has 2 aromatic rings. The number of nitrogens with zero attached hydrogens (tertiary/aromatic N) is 1. The van der Waals surface area contributed by atoms with E-state index >= 15 is 0 Å². The normalized spacial score (nSPS) is 10.6. The third-order valence-electron chi connectivity index (χ3n) is 1.82. The molecule has 13 heavy (non-hydrogen) atoms. The molecule has 0 radical (unpaired) electrons. The van der Waals surface area contributed by atoms with Crippen LogP contribution in [-0.4, -0.2) is 4.98 Å². The van der Waals surface area contributed by atoms with Gasteiger partial charge in [-0.2, -0.15) is 0 Å². The van der Waals surface area contributed by atoms with E-state index in [4.69, 9.17) is 5.73 Å². The van der Waals surface area contributed by atoms with Gasteiger partial charge in [0.25, 0.3) is 0 Å². The molecular formula is C9H6BrFN2. The zero-order valence-corrected chi connectivity index (χ0v) is 8.18. The van der Waals surface area contributed by atoms with Crippen molar-refractivity contribution in [2.75, 3.05) is 5.73 Å². The Bertz CT molecular complexity index is 470. The maximum Gasteiger partial charge on any atom is 0.132 e. The van der Waals surface area contributed by atoms with Crippen LogP contribution in [0.2, 0.25) is 0 Å². The summed E-state index contributed by atoms with van der Waals surface area (Å²) in [6.07, 6.45) is 1.44. The van der Waals surface area contributed by atoms with Crippen molar-refractivity contribution in [3.63, 3.8) is 0 Å². The summed E-state index contributed by atoms with van der Waals surface area (Å²) < 4.78 is 14.0. The molecule has 0 unspecified atom stereocenters. The number of benzene rings is 1.